The summed E-state index contributed by atoms with van der Waals surface area (Å²) in [6.07, 6.45) is 1.61. The van der Waals surface area contributed by atoms with Crippen LogP contribution < -0.4 is 5.43 Å². The quantitative estimate of drug-likeness (QED) is 0.693. The van der Waals surface area contributed by atoms with E-state index in [1.807, 2.05) is 6.92 Å². The van der Waals surface area contributed by atoms with Gasteiger partial charge in [-0.1, -0.05) is 13.3 Å². The van der Waals surface area contributed by atoms with Crippen LogP contribution in [0.2, 0.25) is 0 Å². The smallest absolute Gasteiger partial charge is 0.374 e. The van der Waals surface area contributed by atoms with Gasteiger partial charge in [-0.2, -0.15) is 0 Å². The molecule has 0 bridgehead atoms. The number of methoxy groups -OCH3 is 1. The van der Waals surface area contributed by atoms with Crippen LogP contribution in [-0.2, 0) is 11.2 Å². The second-order valence-electron chi connectivity index (χ2n) is 4.16. The summed E-state index contributed by atoms with van der Waals surface area (Å²) in [4.78, 5) is 24.2. The summed E-state index contributed by atoms with van der Waals surface area (Å²) in [5.41, 5.74) is 1.00. The fourth-order valence-electron chi connectivity index (χ4n) is 1.96. The highest BCUT2D eigenvalue weighted by atomic mass is 32.1. The Labute approximate surface area is 115 Å². The first-order chi connectivity index (χ1) is 9.08. The predicted molar refractivity (Wildman–Crippen MR) is 75.1 cm³/mol. The van der Waals surface area contributed by atoms with Gasteiger partial charge >= 0.3 is 5.97 Å². The summed E-state index contributed by atoms with van der Waals surface area (Å²) in [7, 11) is 1.24. The van der Waals surface area contributed by atoms with E-state index in [1.54, 1.807) is 12.1 Å². The lowest BCUT2D eigenvalue weighted by atomic mass is 10.1. The number of thiol groups is 1. The van der Waals surface area contributed by atoms with Crippen molar-refractivity contribution in [2.75, 3.05) is 7.11 Å². The van der Waals surface area contributed by atoms with Crippen LogP contribution >= 0.6 is 12.6 Å². The van der Waals surface area contributed by atoms with Gasteiger partial charge in [-0.25, -0.2) is 4.79 Å². The summed E-state index contributed by atoms with van der Waals surface area (Å²) < 4.78 is 10.1. The molecular weight excluding hydrogens is 264 g/mol. The van der Waals surface area contributed by atoms with Crippen molar-refractivity contribution < 1.29 is 13.9 Å². The third kappa shape index (κ3) is 2.51. The van der Waals surface area contributed by atoms with Gasteiger partial charge in [0.15, 0.2) is 5.43 Å². The van der Waals surface area contributed by atoms with Crippen LogP contribution in [0.15, 0.2) is 32.3 Å². The maximum atomic E-state index is 12.0. The number of benzene rings is 1. The lowest BCUT2D eigenvalue weighted by Gasteiger charge is -2.08. The molecule has 2 aromatic rings. The molecule has 0 aliphatic heterocycles. The molecule has 0 saturated carbocycles. The minimum absolute atomic E-state index is 0.0868. The van der Waals surface area contributed by atoms with Crippen LogP contribution in [0.5, 0.6) is 0 Å². The number of fused-ring (bicyclic) bond motifs is 1. The Kier molecular flexibility index (Phi) is 3.95. The number of hydrogen-bond acceptors (Lipinski definition) is 5. The molecule has 0 radical (unpaired) electrons. The Morgan fingerprint density at radius 3 is 2.79 bits per heavy atom. The van der Waals surface area contributed by atoms with Crippen molar-refractivity contribution in [1.82, 2.24) is 0 Å². The molecule has 4 nitrogen and oxygen atoms in total. The van der Waals surface area contributed by atoms with Crippen molar-refractivity contribution in [2.45, 2.75) is 24.7 Å². The number of rotatable bonds is 3. The van der Waals surface area contributed by atoms with E-state index in [4.69, 9.17) is 4.42 Å². The molecule has 0 fully saturated rings. The van der Waals surface area contributed by atoms with Crippen molar-refractivity contribution in [1.29, 1.82) is 0 Å². The number of carbonyl (C=O) groups is 1. The minimum Gasteiger partial charge on any atom is -0.463 e. The molecule has 1 aromatic heterocycles. The molecule has 0 unspecified atom stereocenters. The van der Waals surface area contributed by atoms with Crippen molar-refractivity contribution >= 4 is 29.6 Å². The monoisotopic (exact) mass is 278 g/mol. The number of ether oxygens (including phenoxy) is 1. The second-order valence-corrected chi connectivity index (χ2v) is 4.64. The molecule has 0 aliphatic rings. The van der Waals surface area contributed by atoms with Crippen LogP contribution in [0.1, 0.15) is 29.5 Å². The molecule has 1 aromatic carbocycles. The van der Waals surface area contributed by atoms with E-state index in [0.29, 0.717) is 11.0 Å². The van der Waals surface area contributed by atoms with Crippen molar-refractivity contribution in [2.24, 2.45) is 0 Å². The summed E-state index contributed by atoms with van der Waals surface area (Å²) >= 11 is 4.37. The van der Waals surface area contributed by atoms with Gasteiger partial charge in [-0.05, 0) is 18.6 Å². The molecule has 0 N–H and O–H groups in total. The van der Waals surface area contributed by atoms with E-state index in [1.165, 1.54) is 7.11 Å². The van der Waals surface area contributed by atoms with E-state index >= 15 is 0 Å². The molecule has 0 saturated heterocycles. The lowest BCUT2D eigenvalue weighted by Crippen LogP contribution is -2.09. The zero-order valence-electron chi connectivity index (χ0n) is 10.7. The molecule has 0 atom stereocenters. The van der Waals surface area contributed by atoms with Gasteiger partial charge < -0.3 is 9.15 Å². The Morgan fingerprint density at radius 1 is 1.42 bits per heavy atom. The highest BCUT2D eigenvalue weighted by Gasteiger charge is 2.15. The molecule has 19 heavy (non-hydrogen) atoms. The third-order valence-electron chi connectivity index (χ3n) is 2.86. The molecule has 1 heterocycles. The van der Waals surface area contributed by atoms with E-state index in [2.05, 4.69) is 17.4 Å². The summed E-state index contributed by atoms with van der Waals surface area (Å²) in [6.45, 7) is 2.02. The summed E-state index contributed by atoms with van der Waals surface area (Å²) in [5, 5.41) is 0.453. The van der Waals surface area contributed by atoms with E-state index in [9.17, 15) is 9.59 Å². The van der Waals surface area contributed by atoms with Crippen molar-refractivity contribution in [3.8, 4) is 0 Å². The molecule has 0 aliphatic carbocycles. The molecular formula is C14H14O4S. The number of hydrogen-bond donors (Lipinski definition) is 1. The Hall–Kier alpha value is -1.75. The molecule has 100 valence electrons. The first-order valence-corrected chi connectivity index (χ1v) is 6.40. The zero-order valence-corrected chi connectivity index (χ0v) is 11.6. The van der Waals surface area contributed by atoms with E-state index in [-0.39, 0.29) is 11.2 Å². The van der Waals surface area contributed by atoms with Gasteiger partial charge in [0, 0.05) is 16.5 Å². The summed E-state index contributed by atoms with van der Waals surface area (Å²) in [5.74, 6) is -0.748. The highest BCUT2D eigenvalue weighted by Crippen LogP contribution is 2.25. The van der Waals surface area contributed by atoms with Crippen LogP contribution in [0.25, 0.3) is 11.0 Å². The van der Waals surface area contributed by atoms with Crippen LogP contribution in [0.3, 0.4) is 0 Å². The average Bonchev–Trinajstić information content (AvgIpc) is 2.41. The number of carbonyl (C=O) groups excluding carboxylic acids is 1. The predicted octanol–water partition coefficient (Wildman–Crippen LogP) is 2.82. The third-order valence-corrected chi connectivity index (χ3v) is 3.28. The molecule has 0 amide bonds. The largest absolute Gasteiger partial charge is 0.463 e. The Bertz CT molecular complexity index is 688. The SMILES string of the molecule is CCCc1c(S)ccc2c(=O)cc(C(=O)OC)oc12. The van der Waals surface area contributed by atoms with Crippen LogP contribution in [-0.4, -0.2) is 13.1 Å². The molecule has 5 heteroatoms. The fourth-order valence-corrected chi connectivity index (χ4v) is 2.24. The normalized spacial score (nSPS) is 10.7. The highest BCUT2D eigenvalue weighted by molar-refractivity contribution is 7.80. The fraction of sp³-hybridized carbons (Fsp3) is 0.286. The Morgan fingerprint density at radius 2 is 2.16 bits per heavy atom. The number of aryl methyl sites for hydroxylation is 1. The van der Waals surface area contributed by atoms with Gasteiger partial charge in [0.2, 0.25) is 5.76 Å². The van der Waals surface area contributed by atoms with Gasteiger partial charge in [-0.15, -0.1) is 12.6 Å². The summed E-state index contributed by atoms with van der Waals surface area (Å²) in [6, 6.07) is 4.58. The topological polar surface area (TPSA) is 56.5 Å². The maximum Gasteiger partial charge on any atom is 0.374 e. The first-order valence-electron chi connectivity index (χ1n) is 5.95. The molecule has 0 spiro atoms. The van der Waals surface area contributed by atoms with Gasteiger partial charge in [-0.3, -0.25) is 4.79 Å². The Balaban J connectivity index is 2.79. The van der Waals surface area contributed by atoms with Crippen molar-refractivity contribution in [3.05, 3.63) is 39.7 Å². The average molecular weight is 278 g/mol. The minimum atomic E-state index is -0.661. The standard InChI is InChI=1S/C14H14O4S/c1-3-4-9-12(19)6-5-8-10(15)7-11(14(16)17-2)18-13(8)9/h5-7,19H,3-4H2,1-2H3. The van der Waals surface area contributed by atoms with Gasteiger partial charge in [0.25, 0.3) is 0 Å². The van der Waals surface area contributed by atoms with Crippen molar-refractivity contribution in [3.63, 3.8) is 0 Å². The van der Waals surface area contributed by atoms with Crippen LogP contribution in [0, 0.1) is 0 Å². The second kappa shape index (κ2) is 5.48. The first kappa shape index (κ1) is 13.7. The van der Waals surface area contributed by atoms with E-state index in [0.717, 1.165) is 29.4 Å². The number of esters is 1. The van der Waals surface area contributed by atoms with E-state index < -0.39 is 5.97 Å². The lowest BCUT2D eigenvalue weighted by molar-refractivity contribution is 0.0565. The van der Waals surface area contributed by atoms with Gasteiger partial charge in [0.05, 0.1) is 12.5 Å². The maximum absolute atomic E-state index is 12.0. The van der Waals surface area contributed by atoms with Crippen LogP contribution in [0.4, 0.5) is 0 Å². The van der Waals surface area contributed by atoms with Gasteiger partial charge in [0.1, 0.15) is 5.58 Å². The molecule has 2 rings (SSSR count). The zero-order chi connectivity index (χ0) is 14.0.